The predicted molar refractivity (Wildman–Crippen MR) is 96.0 cm³/mol. The Kier molecular flexibility index (Phi) is 4.20. The van der Waals surface area contributed by atoms with Crippen LogP contribution in [0.25, 0.3) is 10.9 Å². The van der Waals surface area contributed by atoms with E-state index in [0.717, 1.165) is 31.4 Å². The monoisotopic (exact) mass is 341 g/mol. The predicted octanol–water partition coefficient (Wildman–Crippen LogP) is 3.45. The second-order valence-electron chi connectivity index (χ2n) is 7.55. The molecular formula is C20H24FN3O. The number of nitrogens with two attached hydrogens (primary N) is 1. The van der Waals surface area contributed by atoms with E-state index in [1.54, 1.807) is 6.07 Å². The van der Waals surface area contributed by atoms with Crippen molar-refractivity contribution < 1.29 is 9.18 Å². The van der Waals surface area contributed by atoms with E-state index in [2.05, 4.69) is 11.9 Å². The Morgan fingerprint density at radius 2 is 2.12 bits per heavy atom. The van der Waals surface area contributed by atoms with Crippen LogP contribution >= 0.6 is 0 Å². The molecule has 0 spiro atoms. The molecule has 0 radical (unpaired) electrons. The largest absolute Gasteiger partial charge is 0.334 e. The van der Waals surface area contributed by atoms with Crippen LogP contribution in [0.1, 0.15) is 54.6 Å². The van der Waals surface area contributed by atoms with Crippen molar-refractivity contribution >= 4 is 16.8 Å². The van der Waals surface area contributed by atoms with Gasteiger partial charge >= 0.3 is 0 Å². The van der Waals surface area contributed by atoms with Crippen molar-refractivity contribution in [2.45, 2.75) is 44.6 Å². The Morgan fingerprint density at radius 1 is 1.32 bits per heavy atom. The summed E-state index contributed by atoms with van der Waals surface area (Å²) in [7, 11) is 0. The average Bonchev–Trinajstić information content (AvgIpc) is 3.45. The number of hydrogen-bond acceptors (Lipinski definition) is 3. The number of piperidine rings is 1. The number of aromatic nitrogens is 1. The third kappa shape index (κ3) is 3.13. The van der Waals surface area contributed by atoms with Gasteiger partial charge in [-0.3, -0.25) is 9.78 Å². The maximum atomic E-state index is 13.8. The molecule has 25 heavy (non-hydrogen) atoms. The maximum absolute atomic E-state index is 13.8. The van der Waals surface area contributed by atoms with Crippen molar-refractivity contribution in [1.29, 1.82) is 0 Å². The molecule has 0 bridgehead atoms. The van der Waals surface area contributed by atoms with Gasteiger partial charge in [0.1, 0.15) is 5.82 Å². The zero-order chi connectivity index (χ0) is 17.6. The van der Waals surface area contributed by atoms with Gasteiger partial charge < -0.3 is 10.6 Å². The Labute approximate surface area is 147 Å². The highest BCUT2D eigenvalue weighted by molar-refractivity contribution is 6.06. The lowest BCUT2D eigenvalue weighted by molar-refractivity contribution is 0.0575. The van der Waals surface area contributed by atoms with Crippen LogP contribution < -0.4 is 5.73 Å². The summed E-state index contributed by atoms with van der Waals surface area (Å²) in [4.78, 5) is 19.9. The first-order valence-electron chi connectivity index (χ1n) is 9.18. The van der Waals surface area contributed by atoms with Gasteiger partial charge in [0, 0.05) is 36.1 Å². The van der Waals surface area contributed by atoms with E-state index in [1.807, 2.05) is 11.0 Å². The number of fused-ring (bicyclic) bond motifs is 1. The van der Waals surface area contributed by atoms with Crippen LogP contribution in [0, 0.1) is 11.7 Å². The molecule has 1 amide bonds. The summed E-state index contributed by atoms with van der Waals surface area (Å²) in [6.45, 7) is 3.37. The van der Waals surface area contributed by atoms with Crippen LogP contribution in [-0.4, -0.2) is 34.9 Å². The smallest absolute Gasteiger partial charge is 0.254 e. The van der Waals surface area contributed by atoms with Crippen molar-refractivity contribution in [3.63, 3.8) is 0 Å². The first kappa shape index (κ1) is 16.5. The van der Waals surface area contributed by atoms with E-state index < -0.39 is 0 Å². The molecular weight excluding hydrogens is 317 g/mol. The zero-order valence-corrected chi connectivity index (χ0v) is 14.5. The standard InChI is InChI=1S/C20H24FN3O/c1-12-6-7-24(15(8-12)11-22)20(25)17-10-19(13-2-3-13)23-18-5-4-14(21)9-16(17)18/h4-5,9-10,12-13,15H,2-3,6-8,11,22H2,1H3. The fraction of sp³-hybridized carbons (Fsp3) is 0.500. The number of likely N-dealkylation sites (tertiary alicyclic amines) is 1. The quantitative estimate of drug-likeness (QED) is 0.930. The van der Waals surface area contributed by atoms with Gasteiger partial charge in [0.05, 0.1) is 11.1 Å². The minimum Gasteiger partial charge on any atom is -0.334 e. The third-order valence-electron chi connectivity index (χ3n) is 5.53. The summed E-state index contributed by atoms with van der Waals surface area (Å²) in [5.74, 6) is 0.631. The number of hydrogen-bond donors (Lipinski definition) is 1. The second kappa shape index (κ2) is 6.37. The molecule has 5 heteroatoms. The van der Waals surface area contributed by atoms with Crippen LogP contribution in [0.4, 0.5) is 4.39 Å². The van der Waals surface area contributed by atoms with E-state index in [-0.39, 0.29) is 17.8 Å². The number of pyridine rings is 1. The SMILES string of the molecule is CC1CCN(C(=O)c2cc(C3CC3)nc3ccc(F)cc23)C(CN)C1. The number of rotatable bonds is 3. The Hall–Kier alpha value is -2.01. The van der Waals surface area contributed by atoms with Gasteiger partial charge in [-0.2, -0.15) is 0 Å². The lowest BCUT2D eigenvalue weighted by atomic mass is 9.91. The highest BCUT2D eigenvalue weighted by atomic mass is 19.1. The summed E-state index contributed by atoms with van der Waals surface area (Å²) in [6.07, 6.45) is 4.13. The topological polar surface area (TPSA) is 59.2 Å². The van der Waals surface area contributed by atoms with Crippen molar-refractivity contribution in [1.82, 2.24) is 9.88 Å². The fourth-order valence-electron chi connectivity index (χ4n) is 3.88. The first-order valence-corrected chi connectivity index (χ1v) is 9.18. The van der Waals surface area contributed by atoms with Crippen molar-refractivity contribution in [3.05, 3.63) is 41.3 Å². The Bertz CT molecular complexity index is 818. The molecule has 2 unspecified atom stereocenters. The molecule has 2 atom stereocenters. The average molecular weight is 341 g/mol. The normalized spacial score (nSPS) is 23.9. The van der Waals surface area contributed by atoms with Crippen LogP contribution in [-0.2, 0) is 0 Å². The van der Waals surface area contributed by atoms with Crippen LogP contribution in [0.2, 0.25) is 0 Å². The molecule has 2 fully saturated rings. The zero-order valence-electron chi connectivity index (χ0n) is 14.5. The number of nitrogens with zero attached hydrogens (tertiary/aromatic N) is 2. The van der Waals surface area contributed by atoms with Crippen LogP contribution in [0.15, 0.2) is 24.3 Å². The Morgan fingerprint density at radius 3 is 2.84 bits per heavy atom. The van der Waals surface area contributed by atoms with E-state index in [9.17, 15) is 9.18 Å². The summed E-state index contributed by atoms with van der Waals surface area (Å²) >= 11 is 0. The molecule has 132 valence electrons. The number of amides is 1. The molecule has 2 N–H and O–H groups in total. The number of carbonyl (C=O) groups excluding carboxylic acids is 1. The van der Waals surface area contributed by atoms with Crippen molar-refractivity contribution in [2.75, 3.05) is 13.1 Å². The van der Waals surface area contributed by atoms with Crippen LogP contribution in [0.5, 0.6) is 0 Å². The molecule has 1 aliphatic heterocycles. The maximum Gasteiger partial charge on any atom is 0.254 e. The minimum absolute atomic E-state index is 0.0396. The van der Waals surface area contributed by atoms with E-state index in [4.69, 9.17) is 5.73 Å². The minimum atomic E-state index is -0.342. The Balaban J connectivity index is 1.78. The molecule has 4 nitrogen and oxygen atoms in total. The molecule has 1 aromatic heterocycles. The van der Waals surface area contributed by atoms with E-state index in [1.165, 1.54) is 12.1 Å². The highest BCUT2D eigenvalue weighted by Crippen LogP contribution is 2.40. The van der Waals surface area contributed by atoms with Gasteiger partial charge in [0.25, 0.3) is 5.91 Å². The molecule has 1 aliphatic carbocycles. The molecule has 2 aromatic rings. The van der Waals surface area contributed by atoms with Gasteiger partial charge in [-0.15, -0.1) is 0 Å². The number of carbonyl (C=O) groups is 1. The summed E-state index contributed by atoms with van der Waals surface area (Å²) < 4.78 is 13.8. The lowest BCUT2D eigenvalue weighted by Gasteiger charge is -2.38. The number of benzene rings is 1. The van der Waals surface area contributed by atoms with Gasteiger partial charge in [0.2, 0.25) is 0 Å². The van der Waals surface area contributed by atoms with E-state index in [0.29, 0.717) is 41.4 Å². The molecule has 2 aliphatic rings. The molecule has 4 rings (SSSR count). The van der Waals surface area contributed by atoms with Crippen molar-refractivity contribution in [3.8, 4) is 0 Å². The molecule has 1 saturated heterocycles. The second-order valence-corrected chi connectivity index (χ2v) is 7.55. The van der Waals surface area contributed by atoms with E-state index >= 15 is 0 Å². The van der Waals surface area contributed by atoms with Gasteiger partial charge in [-0.25, -0.2) is 4.39 Å². The first-order chi connectivity index (χ1) is 12.1. The van der Waals surface area contributed by atoms with Gasteiger partial charge in [0.15, 0.2) is 0 Å². The fourth-order valence-corrected chi connectivity index (χ4v) is 3.88. The lowest BCUT2D eigenvalue weighted by Crippen LogP contribution is -2.49. The number of halogens is 1. The molecule has 1 saturated carbocycles. The van der Waals surface area contributed by atoms with Gasteiger partial charge in [-0.05, 0) is 55.9 Å². The van der Waals surface area contributed by atoms with Crippen molar-refractivity contribution in [2.24, 2.45) is 11.7 Å². The summed E-state index contributed by atoms with van der Waals surface area (Å²) in [5, 5.41) is 0.601. The highest BCUT2D eigenvalue weighted by Gasteiger charge is 2.32. The molecule has 1 aromatic carbocycles. The summed E-state index contributed by atoms with van der Waals surface area (Å²) in [6, 6.07) is 6.44. The van der Waals surface area contributed by atoms with Crippen LogP contribution in [0.3, 0.4) is 0 Å². The molecule has 2 heterocycles. The van der Waals surface area contributed by atoms with Gasteiger partial charge in [-0.1, -0.05) is 6.92 Å². The third-order valence-corrected chi connectivity index (χ3v) is 5.53. The summed E-state index contributed by atoms with van der Waals surface area (Å²) in [5.41, 5.74) is 8.15.